The van der Waals surface area contributed by atoms with Crippen LogP contribution in [0.4, 0.5) is 0 Å². The molecule has 0 bridgehead atoms. The Morgan fingerprint density at radius 1 is 1.23 bits per heavy atom. The van der Waals surface area contributed by atoms with Gasteiger partial charge in [0.2, 0.25) is 0 Å². The van der Waals surface area contributed by atoms with Gasteiger partial charge in [-0.1, -0.05) is 29.8 Å². The summed E-state index contributed by atoms with van der Waals surface area (Å²) in [7, 11) is -0.483. The largest absolute Gasteiger partial charge is 0.175 e. The molecule has 0 aromatic heterocycles. The molecule has 1 aromatic rings. The van der Waals surface area contributed by atoms with Gasteiger partial charge in [-0.05, 0) is 30.5 Å². The van der Waals surface area contributed by atoms with E-state index in [1.807, 2.05) is 0 Å². The van der Waals surface area contributed by atoms with E-state index in [9.17, 15) is 0 Å². The molecule has 2 rings (SSSR count). The quantitative estimate of drug-likeness (QED) is 0.492. The van der Waals surface area contributed by atoms with Crippen LogP contribution >= 0.6 is 11.1 Å². The van der Waals surface area contributed by atoms with Gasteiger partial charge in [0.05, 0.1) is 0 Å². The number of hydrogen-bond donors (Lipinski definition) is 0. The molecule has 1 aliphatic carbocycles. The topological polar surface area (TPSA) is 0 Å². The SMILES string of the molecule is CC1=C(C)C([SiH2]Cl)c2ccccc21. The monoisotopic (exact) mass is 208 g/mol. The number of halogens is 1. The van der Waals surface area contributed by atoms with Gasteiger partial charge in [0.15, 0.2) is 0 Å². The summed E-state index contributed by atoms with van der Waals surface area (Å²) >= 11 is 6.10. The highest BCUT2D eigenvalue weighted by molar-refractivity contribution is 6.94. The minimum Gasteiger partial charge on any atom is -0.175 e. The molecule has 0 spiro atoms. The smallest absolute Gasteiger partial charge is 0.136 e. The van der Waals surface area contributed by atoms with E-state index in [1.165, 1.54) is 22.3 Å². The first-order chi connectivity index (χ1) is 6.25. The lowest BCUT2D eigenvalue weighted by Gasteiger charge is -2.08. The van der Waals surface area contributed by atoms with Crippen molar-refractivity contribution in [3.63, 3.8) is 0 Å². The Balaban J connectivity index is 2.59. The van der Waals surface area contributed by atoms with E-state index in [4.69, 9.17) is 11.1 Å². The molecule has 0 amide bonds. The van der Waals surface area contributed by atoms with Crippen molar-refractivity contribution in [3.05, 3.63) is 41.0 Å². The minimum absolute atomic E-state index is 0.483. The molecule has 1 aromatic carbocycles. The average molecular weight is 209 g/mol. The standard InChI is InChI=1S/C11H13ClSi/c1-7-8(2)11(13-12)10-6-4-3-5-9(7)10/h3-6,11H,13H2,1-2H3. The zero-order chi connectivity index (χ0) is 9.42. The summed E-state index contributed by atoms with van der Waals surface area (Å²) in [4.78, 5) is 0. The van der Waals surface area contributed by atoms with E-state index in [0.29, 0.717) is 5.54 Å². The van der Waals surface area contributed by atoms with E-state index in [2.05, 4.69) is 38.1 Å². The van der Waals surface area contributed by atoms with Gasteiger partial charge in [-0.15, -0.1) is 0 Å². The Bertz CT molecular complexity index is 368. The molecular formula is C11H13ClSi. The summed E-state index contributed by atoms with van der Waals surface area (Å²) in [6, 6.07) is 8.64. The summed E-state index contributed by atoms with van der Waals surface area (Å²) in [6.45, 7) is 4.42. The molecule has 0 nitrogen and oxygen atoms in total. The van der Waals surface area contributed by atoms with Crippen molar-refractivity contribution in [2.45, 2.75) is 19.4 Å². The van der Waals surface area contributed by atoms with Gasteiger partial charge in [-0.2, -0.15) is 11.1 Å². The third kappa shape index (κ3) is 1.27. The Labute approximate surface area is 86.1 Å². The van der Waals surface area contributed by atoms with E-state index < -0.39 is 8.83 Å². The minimum atomic E-state index is -0.483. The van der Waals surface area contributed by atoms with E-state index in [-0.39, 0.29) is 0 Å². The third-order valence-corrected chi connectivity index (χ3v) is 5.30. The van der Waals surface area contributed by atoms with Gasteiger partial charge >= 0.3 is 0 Å². The molecule has 13 heavy (non-hydrogen) atoms. The summed E-state index contributed by atoms with van der Waals surface area (Å²) in [5.74, 6) is 0. The molecule has 0 saturated heterocycles. The highest BCUT2D eigenvalue weighted by atomic mass is 35.6. The molecule has 0 aliphatic heterocycles. The molecule has 1 unspecified atom stereocenters. The third-order valence-electron chi connectivity index (χ3n) is 3.01. The van der Waals surface area contributed by atoms with Crippen molar-refractivity contribution in [1.82, 2.24) is 0 Å². The molecular weight excluding hydrogens is 196 g/mol. The van der Waals surface area contributed by atoms with E-state index in [0.717, 1.165) is 0 Å². The fourth-order valence-corrected chi connectivity index (χ4v) is 4.30. The normalized spacial score (nSPS) is 21.6. The predicted octanol–water partition coefficient (Wildman–Crippen LogP) is 2.86. The van der Waals surface area contributed by atoms with Gasteiger partial charge in [0.1, 0.15) is 8.83 Å². The Kier molecular flexibility index (Phi) is 2.30. The maximum atomic E-state index is 6.10. The maximum Gasteiger partial charge on any atom is 0.136 e. The van der Waals surface area contributed by atoms with Crippen molar-refractivity contribution in [2.75, 3.05) is 0 Å². The second kappa shape index (κ2) is 3.32. The zero-order valence-corrected chi connectivity index (χ0v) is 10.1. The van der Waals surface area contributed by atoms with E-state index in [1.54, 1.807) is 0 Å². The maximum absolute atomic E-state index is 6.10. The van der Waals surface area contributed by atoms with Crippen LogP contribution in [0.15, 0.2) is 29.8 Å². The van der Waals surface area contributed by atoms with Crippen LogP contribution in [0, 0.1) is 0 Å². The fourth-order valence-electron chi connectivity index (χ4n) is 2.05. The Morgan fingerprint density at radius 2 is 1.92 bits per heavy atom. The lowest BCUT2D eigenvalue weighted by molar-refractivity contribution is 1.13. The van der Waals surface area contributed by atoms with Crippen molar-refractivity contribution in [3.8, 4) is 0 Å². The lowest BCUT2D eigenvalue weighted by Crippen LogP contribution is -2.00. The molecule has 2 heteroatoms. The number of allylic oxidation sites excluding steroid dienone is 2. The number of fused-ring (bicyclic) bond motifs is 1. The number of hydrogen-bond acceptors (Lipinski definition) is 0. The fraction of sp³-hybridized carbons (Fsp3) is 0.273. The summed E-state index contributed by atoms with van der Waals surface area (Å²) in [6.07, 6.45) is 0. The molecule has 0 radical (unpaired) electrons. The molecule has 0 N–H and O–H groups in total. The average Bonchev–Trinajstić information content (AvgIpc) is 2.41. The molecule has 0 heterocycles. The number of benzene rings is 1. The first-order valence-electron chi connectivity index (χ1n) is 4.58. The van der Waals surface area contributed by atoms with Crippen LogP contribution in [-0.2, 0) is 0 Å². The van der Waals surface area contributed by atoms with Crippen LogP contribution in [0.2, 0.25) is 0 Å². The van der Waals surface area contributed by atoms with Gasteiger partial charge in [-0.3, -0.25) is 0 Å². The van der Waals surface area contributed by atoms with Crippen molar-refractivity contribution < 1.29 is 0 Å². The van der Waals surface area contributed by atoms with Crippen LogP contribution < -0.4 is 0 Å². The van der Waals surface area contributed by atoms with Crippen LogP contribution in [0.1, 0.15) is 30.5 Å². The van der Waals surface area contributed by atoms with Crippen LogP contribution in [0.3, 0.4) is 0 Å². The highest BCUT2D eigenvalue weighted by Crippen LogP contribution is 2.40. The molecule has 1 atom stereocenters. The zero-order valence-electron chi connectivity index (χ0n) is 7.97. The summed E-state index contributed by atoms with van der Waals surface area (Å²) in [5.41, 5.74) is 6.38. The molecule has 1 aliphatic rings. The van der Waals surface area contributed by atoms with Crippen LogP contribution in [-0.4, -0.2) is 8.83 Å². The second-order valence-electron chi connectivity index (χ2n) is 3.60. The van der Waals surface area contributed by atoms with Gasteiger partial charge < -0.3 is 0 Å². The Hall–Kier alpha value is -0.533. The van der Waals surface area contributed by atoms with Crippen molar-refractivity contribution >= 4 is 25.5 Å². The van der Waals surface area contributed by atoms with Crippen LogP contribution in [0.25, 0.3) is 5.57 Å². The predicted molar refractivity (Wildman–Crippen MR) is 61.8 cm³/mol. The molecule has 0 saturated carbocycles. The van der Waals surface area contributed by atoms with E-state index >= 15 is 0 Å². The molecule has 0 fully saturated rings. The first kappa shape index (κ1) is 9.04. The van der Waals surface area contributed by atoms with Crippen LogP contribution in [0.5, 0.6) is 0 Å². The molecule has 68 valence electrons. The summed E-state index contributed by atoms with van der Waals surface area (Å²) < 4.78 is 0. The van der Waals surface area contributed by atoms with Gasteiger partial charge in [0.25, 0.3) is 0 Å². The Morgan fingerprint density at radius 3 is 2.62 bits per heavy atom. The first-order valence-corrected chi connectivity index (χ1v) is 7.53. The number of rotatable bonds is 1. The second-order valence-corrected chi connectivity index (χ2v) is 5.65. The van der Waals surface area contributed by atoms with Crippen molar-refractivity contribution in [2.24, 2.45) is 0 Å². The van der Waals surface area contributed by atoms with Gasteiger partial charge in [0, 0.05) is 5.54 Å². The van der Waals surface area contributed by atoms with Gasteiger partial charge in [-0.25, -0.2) is 0 Å². The summed E-state index contributed by atoms with van der Waals surface area (Å²) in [5, 5.41) is 0. The van der Waals surface area contributed by atoms with Crippen molar-refractivity contribution in [1.29, 1.82) is 0 Å². The highest BCUT2D eigenvalue weighted by Gasteiger charge is 2.25. The lowest BCUT2D eigenvalue weighted by atomic mass is 10.1.